The van der Waals surface area contributed by atoms with E-state index in [1.165, 1.54) is 6.20 Å². The van der Waals surface area contributed by atoms with Crippen LogP contribution in [0.3, 0.4) is 0 Å². The van der Waals surface area contributed by atoms with E-state index in [9.17, 15) is 0 Å². The maximum atomic E-state index is 7.29. The summed E-state index contributed by atoms with van der Waals surface area (Å²) in [6, 6.07) is 1.62. The number of ether oxygens (including phenoxy) is 1. The van der Waals surface area contributed by atoms with Crippen LogP contribution in [0.15, 0.2) is 12.3 Å². The highest BCUT2D eigenvalue weighted by Crippen LogP contribution is 2.12. The largest absolute Gasteiger partial charge is 0.476 e. The van der Waals surface area contributed by atoms with Crippen LogP contribution in [0.5, 0.6) is 5.88 Å². The Bertz CT molecular complexity index is 324. The number of aromatic nitrogens is 2. The monoisotopic (exact) mass is 194 g/mol. The van der Waals surface area contributed by atoms with E-state index < -0.39 is 0 Å². The summed E-state index contributed by atoms with van der Waals surface area (Å²) in [4.78, 5) is 0. The second kappa shape index (κ2) is 4.55. The van der Waals surface area contributed by atoms with Crippen molar-refractivity contribution in [2.45, 2.75) is 13.8 Å². The number of nitrogens with zero attached hydrogens (tertiary/aromatic N) is 2. The number of nitrogens with two attached hydrogens (primary N) is 1. The predicted octanol–water partition coefficient (Wildman–Crippen LogP) is 0.795. The molecule has 0 amide bonds. The molecule has 5 nitrogen and oxygen atoms in total. The topological polar surface area (TPSA) is 84.9 Å². The molecule has 0 aliphatic heterocycles. The molecule has 14 heavy (non-hydrogen) atoms. The zero-order valence-electron chi connectivity index (χ0n) is 8.32. The molecular weight excluding hydrogens is 180 g/mol. The summed E-state index contributed by atoms with van der Waals surface area (Å²) < 4.78 is 5.37. The van der Waals surface area contributed by atoms with E-state index in [-0.39, 0.29) is 5.84 Å². The SMILES string of the molecule is CC(C)COc1nnccc1C(=N)N. The summed E-state index contributed by atoms with van der Waals surface area (Å²) in [7, 11) is 0. The van der Waals surface area contributed by atoms with Gasteiger partial charge in [-0.2, -0.15) is 5.10 Å². The summed E-state index contributed by atoms with van der Waals surface area (Å²) in [6.07, 6.45) is 1.49. The van der Waals surface area contributed by atoms with Crippen LogP contribution in [0, 0.1) is 11.3 Å². The second-order valence-electron chi connectivity index (χ2n) is 3.37. The van der Waals surface area contributed by atoms with Gasteiger partial charge in [0, 0.05) is 0 Å². The summed E-state index contributed by atoms with van der Waals surface area (Å²) in [5.41, 5.74) is 5.84. The van der Waals surface area contributed by atoms with Crippen LogP contribution in [0.4, 0.5) is 0 Å². The van der Waals surface area contributed by atoms with E-state index in [1.54, 1.807) is 6.07 Å². The van der Waals surface area contributed by atoms with Crippen LogP contribution in [0.25, 0.3) is 0 Å². The van der Waals surface area contributed by atoms with E-state index in [1.807, 2.05) is 13.8 Å². The zero-order valence-corrected chi connectivity index (χ0v) is 8.32. The average Bonchev–Trinajstić information content (AvgIpc) is 2.15. The molecule has 0 radical (unpaired) electrons. The Morgan fingerprint density at radius 1 is 1.64 bits per heavy atom. The summed E-state index contributed by atoms with van der Waals surface area (Å²) >= 11 is 0. The lowest BCUT2D eigenvalue weighted by molar-refractivity contribution is 0.258. The maximum absolute atomic E-state index is 7.29. The van der Waals surface area contributed by atoms with Gasteiger partial charge in [0.2, 0.25) is 5.88 Å². The fourth-order valence-electron chi connectivity index (χ4n) is 0.876. The molecule has 0 aliphatic carbocycles. The van der Waals surface area contributed by atoms with Gasteiger partial charge >= 0.3 is 0 Å². The van der Waals surface area contributed by atoms with Crippen LogP contribution in [-0.4, -0.2) is 22.6 Å². The summed E-state index contributed by atoms with van der Waals surface area (Å²) in [6.45, 7) is 4.60. The first-order valence-corrected chi connectivity index (χ1v) is 4.40. The fraction of sp³-hybridized carbons (Fsp3) is 0.444. The van der Waals surface area contributed by atoms with E-state index in [0.717, 1.165) is 0 Å². The number of nitrogen functional groups attached to an aromatic ring is 1. The van der Waals surface area contributed by atoms with Crippen molar-refractivity contribution >= 4 is 5.84 Å². The van der Waals surface area contributed by atoms with E-state index in [0.29, 0.717) is 24.0 Å². The van der Waals surface area contributed by atoms with Gasteiger partial charge in [0.1, 0.15) is 5.84 Å². The van der Waals surface area contributed by atoms with Crippen molar-refractivity contribution in [1.29, 1.82) is 5.41 Å². The molecule has 0 aliphatic rings. The third kappa shape index (κ3) is 2.69. The molecule has 1 rings (SSSR count). The van der Waals surface area contributed by atoms with Crippen molar-refractivity contribution in [1.82, 2.24) is 10.2 Å². The number of nitrogens with one attached hydrogen (secondary N) is 1. The molecule has 1 aromatic heterocycles. The van der Waals surface area contributed by atoms with Gasteiger partial charge in [-0.25, -0.2) is 0 Å². The molecule has 0 unspecified atom stereocenters. The maximum Gasteiger partial charge on any atom is 0.244 e. The fourth-order valence-corrected chi connectivity index (χ4v) is 0.876. The minimum absolute atomic E-state index is 0.0568. The van der Waals surface area contributed by atoms with Crippen LogP contribution in [-0.2, 0) is 0 Å². The zero-order chi connectivity index (χ0) is 10.6. The minimum atomic E-state index is -0.0568. The first-order valence-electron chi connectivity index (χ1n) is 4.40. The molecule has 3 N–H and O–H groups in total. The first kappa shape index (κ1) is 10.4. The second-order valence-corrected chi connectivity index (χ2v) is 3.37. The number of hydrogen-bond acceptors (Lipinski definition) is 4. The van der Waals surface area contributed by atoms with Crippen molar-refractivity contribution in [3.8, 4) is 5.88 Å². The predicted molar refractivity (Wildman–Crippen MR) is 53.4 cm³/mol. The highest BCUT2D eigenvalue weighted by atomic mass is 16.5. The average molecular weight is 194 g/mol. The Morgan fingerprint density at radius 3 is 2.93 bits per heavy atom. The van der Waals surface area contributed by atoms with Crippen LogP contribution in [0.2, 0.25) is 0 Å². The van der Waals surface area contributed by atoms with Gasteiger partial charge in [-0.3, -0.25) is 5.41 Å². The third-order valence-electron chi connectivity index (χ3n) is 1.53. The lowest BCUT2D eigenvalue weighted by Crippen LogP contribution is -2.16. The van der Waals surface area contributed by atoms with Crippen molar-refractivity contribution in [3.63, 3.8) is 0 Å². The van der Waals surface area contributed by atoms with E-state index in [4.69, 9.17) is 15.9 Å². The van der Waals surface area contributed by atoms with Gasteiger partial charge in [-0.1, -0.05) is 13.8 Å². The molecule has 0 bridgehead atoms. The lowest BCUT2D eigenvalue weighted by Gasteiger charge is -2.09. The Labute approximate surface area is 82.8 Å². The Balaban J connectivity index is 2.79. The first-order chi connectivity index (χ1) is 6.61. The smallest absolute Gasteiger partial charge is 0.244 e. The Hall–Kier alpha value is -1.65. The number of amidine groups is 1. The van der Waals surface area contributed by atoms with Gasteiger partial charge in [-0.05, 0) is 12.0 Å². The Morgan fingerprint density at radius 2 is 2.36 bits per heavy atom. The highest BCUT2D eigenvalue weighted by molar-refractivity contribution is 5.96. The Kier molecular flexibility index (Phi) is 3.39. The van der Waals surface area contributed by atoms with E-state index >= 15 is 0 Å². The molecule has 0 saturated carbocycles. The highest BCUT2D eigenvalue weighted by Gasteiger charge is 2.08. The van der Waals surface area contributed by atoms with Gasteiger partial charge in [-0.15, -0.1) is 5.10 Å². The molecule has 1 heterocycles. The van der Waals surface area contributed by atoms with Crippen molar-refractivity contribution in [2.24, 2.45) is 11.7 Å². The third-order valence-corrected chi connectivity index (χ3v) is 1.53. The molecule has 0 spiro atoms. The molecular formula is C9H14N4O. The summed E-state index contributed by atoms with van der Waals surface area (Å²) in [5.74, 6) is 0.671. The molecule has 0 atom stereocenters. The van der Waals surface area contributed by atoms with Gasteiger partial charge in [0.05, 0.1) is 18.4 Å². The molecule has 76 valence electrons. The van der Waals surface area contributed by atoms with Crippen molar-refractivity contribution < 1.29 is 4.74 Å². The summed E-state index contributed by atoms with van der Waals surface area (Å²) in [5, 5.41) is 14.7. The lowest BCUT2D eigenvalue weighted by atomic mass is 10.2. The van der Waals surface area contributed by atoms with Crippen LogP contribution in [0.1, 0.15) is 19.4 Å². The van der Waals surface area contributed by atoms with Crippen LogP contribution < -0.4 is 10.5 Å². The van der Waals surface area contributed by atoms with Crippen LogP contribution >= 0.6 is 0 Å². The molecule has 0 saturated heterocycles. The van der Waals surface area contributed by atoms with E-state index in [2.05, 4.69) is 10.2 Å². The standard InChI is InChI=1S/C9H14N4O/c1-6(2)5-14-9-7(8(10)11)3-4-12-13-9/h3-4,6H,5H2,1-2H3,(H3,10,11). The molecule has 1 aromatic rings. The van der Waals surface area contributed by atoms with Gasteiger partial charge < -0.3 is 10.5 Å². The van der Waals surface area contributed by atoms with Crippen molar-refractivity contribution in [2.75, 3.05) is 6.61 Å². The molecule has 0 fully saturated rings. The normalized spacial score (nSPS) is 10.2. The molecule has 5 heteroatoms. The van der Waals surface area contributed by atoms with Gasteiger partial charge in [0.15, 0.2) is 0 Å². The minimum Gasteiger partial charge on any atom is -0.476 e. The number of hydrogen-bond donors (Lipinski definition) is 2. The number of rotatable bonds is 4. The van der Waals surface area contributed by atoms with Crippen molar-refractivity contribution in [3.05, 3.63) is 17.8 Å². The van der Waals surface area contributed by atoms with Gasteiger partial charge in [0.25, 0.3) is 0 Å². The molecule has 0 aromatic carbocycles. The quantitative estimate of drug-likeness (QED) is 0.548.